The molecule has 0 aliphatic carbocycles. The number of rotatable bonds is 2. The number of anilines is 1. The predicted molar refractivity (Wildman–Crippen MR) is 107 cm³/mol. The molecule has 1 aromatic carbocycles. The van der Waals surface area contributed by atoms with Gasteiger partial charge in [-0.2, -0.15) is 0 Å². The van der Waals surface area contributed by atoms with Crippen LogP contribution in [0.5, 0.6) is 0 Å². The molecular formula is C22H14N4O2. The standard InChI is InChI=1S/C22H14N4O2/c27-20-18-7-3-11-24-21(18)25-14-19(20)22(28)26-17-6-1-4-15(12-17)8-9-16-5-2-10-23-13-16/h1-7,10-14H,(H,26,28)(H,24,25,27). The first-order valence-corrected chi connectivity index (χ1v) is 8.50. The normalized spacial score (nSPS) is 10.1. The fraction of sp³-hybridized carbons (Fsp3) is 0. The van der Waals surface area contributed by atoms with E-state index in [1.165, 1.54) is 6.20 Å². The number of aromatic amines is 1. The predicted octanol–water partition coefficient (Wildman–Crippen LogP) is 2.97. The van der Waals surface area contributed by atoms with Gasteiger partial charge in [0.05, 0.1) is 5.39 Å². The molecule has 3 aromatic heterocycles. The van der Waals surface area contributed by atoms with E-state index in [4.69, 9.17) is 0 Å². The third-order valence-electron chi connectivity index (χ3n) is 4.03. The van der Waals surface area contributed by atoms with E-state index < -0.39 is 5.91 Å². The summed E-state index contributed by atoms with van der Waals surface area (Å²) in [4.78, 5) is 36.1. The fourth-order valence-corrected chi connectivity index (χ4v) is 2.68. The molecule has 0 saturated heterocycles. The Hall–Kier alpha value is -4.24. The van der Waals surface area contributed by atoms with Crippen LogP contribution in [0.1, 0.15) is 21.5 Å². The van der Waals surface area contributed by atoms with E-state index in [0.29, 0.717) is 16.7 Å². The summed E-state index contributed by atoms with van der Waals surface area (Å²) in [7, 11) is 0. The zero-order chi connectivity index (χ0) is 19.3. The molecule has 6 heteroatoms. The molecule has 0 radical (unpaired) electrons. The second kappa shape index (κ2) is 7.56. The van der Waals surface area contributed by atoms with Gasteiger partial charge in [0.2, 0.25) is 5.43 Å². The van der Waals surface area contributed by atoms with Crippen molar-refractivity contribution < 1.29 is 4.79 Å². The molecule has 4 aromatic rings. The molecule has 134 valence electrons. The van der Waals surface area contributed by atoms with Gasteiger partial charge in [-0.3, -0.25) is 14.6 Å². The molecular weight excluding hydrogens is 352 g/mol. The SMILES string of the molecule is O=C(Nc1cccc(C#Cc2cccnc2)c1)c1c[nH]c2ncccc2c1=O. The van der Waals surface area contributed by atoms with Gasteiger partial charge in [0, 0.05) is 41.6 Å². The van der Waals surface area contributed by atoms with Crippen molar-refractivity contribution in [3.8, 4) is 11.8 Å². The number of hydrogen-bond acceptors (Lipinski definition) is 4. The largest absolute Gasteiger partial charge is 0.345 e. The third kappa shape index (κ3) is 3.64. The van der Waals surface area contributed by atoms with Gasteiger partial charge in [0.1, 0.15) is 11.2 Å². The second-order valence-corrected chi connectivity index (χ2v) is 5.96. The summed E-state index contributed by atoms with van der Waals surface area (Å²) in [6, 6.07) is 14.1. The smallest absolute Gasteiger partial charge is 0.261 e. The van der Waals surface area contributed by atoms with Crippen LogP contribution in [0.25, 0.3) is 11.0 Å². The summed E-state index contributed by atoms with van der Waals surface area (Å²) in [5.74, 6) is 5.55. The molecule has 0 fully saturated rings. The highest BCUT2D eigenvalue weighted by Gasteiger charge is 2.13. The molecule has 0 spiro atoms. The van der Waals surface area contributed by atoms with E-state index in [0.717, 1.165) is 11.1 Å². The number of benzene rings is 1. The maximum absolute atomic E-state index is 12.6. The van der Waals surface area contributed by atoms with E-state index >= 15 is 0 Å². The maximum Gasteiger partial charge on any atom is 0.261 e. The van der Waals surface area contributed by atoms with Crippen LogP contribution < -0.4 is 10.7 Å². The van der Waals surface area contributed by atoms with Gasteiger partial charge in [0.25, 0.3) is 5.91 Å². The molecule has 1 amide bonds. The molecule has 0 atom stereocenters. The molecule has 0 saturated carbocycles. The number of fused-ring (bicyclic) bond motifs is 1. The van der Waals surface area contributed by atoms with Crippen LogP contribution >= 0.6 is 0 Å². The molecule has 0 bridgehead atoms. The van der Waals surface area contributed by atoms with Crippen molar-refractivity contribution in [2.45, 2.75) is 0 Å². The van der Waals surface area contributed by atoms with Crippen LogP contribution in [-0.2, 0) is 0 Å². The highest BCUT2D eigenvalue weighted by atomic mass is 16.2. The lowest BCUT2D eigenvalue weighted by Gasteiger charge is -2.06. The summed E-state index contributed by atoms with van der Waals surface area (Å²) in [6.45, 7) is 0. The van der Waals surface area contributed by atoms with E-state index in [1.807, 2.05) is 18.2 Å². The van der Waals surface area contributed by atoms with E-state index in [1.54, 1.807) is 48.9 Å². The van der Waals surface area contributed by atoms with Gasteiger partial charge in [0.15, 0.2) is 0 Å². The number of aromatic nitrogens is 3. The first-order valence-electron chi connectivity index (χ1n) is 8.50. The zero-order valence-electron chi connectivity index (χ0n) is 14.6. The molecule has 28 heavy (non-hydrogen) atoms. The number of carbonyl (C=O) groups excluding carboxylic acids is 1. The summed E-state index contributed by atoms with van der Waals surface area (Å²) in [5, 5.41) is 3.11. The summed E-state index contributed by atoms with van der Waals surface area (Å²) < 4.78 is 0. The lowest BCUT2D eigenvalue weighted by atomic mass is 10.1. The quantitative estimate of drug-likeness (QED) is 0.534. The topological polar surface area (TPSA) is 87.7 Å². The van der Waals surface area contributed by atoms with Crippen molar-refractivity contribution in [3.05, 3.63) is 100 Å². The number of amides is 1. The lowest BCUT2D eigenvalue weighted by Crippen LogP contribution is -2.22. The number of carbonyl (C=O) groups is 1. The molecule has 0 aliphatic rings. The van der Waals surface area contributed by atoms with Crippen LogP contribution in [0, 0.1) is 11.8 Å². The first-order chi connectivity index (χ1) is 13.7. The Morgan fingerprint density at radius 3 is 2.68 bits per heavy atom. The average Bonchev–Trinajstić information content (AvgIpc) is 2.74. The Labute approximate surface area is 160 Å². The molecule has 2 N–H and O–H groups in total. The average molecular weight is 366 g/mol. The van der Waals surface area contributed by atoms with Gasteiger partial charge in [-0.05, 0) is 42.5 Å². The molecule has 0 aliphatic heterocycles. The van der Waals surface area contributed by atoms with Crippen molar-refractivity contribution in [1.82, 2.24) is 15.0 Å². The van der Waals surface area contributed by atoms with Crippen LogP contribution in [0.4, 0.5) is 5.69 Å². The molecule has 3 heterocycles. The monoisotopic (exact) mass is 366 g/mol. The minimum atomic E-state index is -0.496. The van der Waals surface area contributed by atoms with Crippen molar-refractivity contribution in [2.75, 3.05) is 5.32 Å². The van der Waals surface area contributed by atoms with Crippen molar-refractivity contribution in [1.29, 1.82) is 0 Å². The van der Waals surface area contributed by atoms with Crippen LogP contribution in [-0.4, -0.2) is 20.9 Å². The lowest BCUT2D eigenvalue weighted by molar-refractivity contribution is 0.102. The van der Waals surface area contributed by atoms with Gasteiger partial charge < -0.3 is 10.3 Å². The number of hydrogen-bond donors (Lipinski definition) is 2. The highest BCUT2D eigenvalue weighted by Crippen LogP contribution is 2.12. The van der Waals surface area contributed by atoms with Crippen LogP contribution in [0.15, 0.2) is 78.1 Å². The number of nitrogens with zero attached hydrogens (tertiary/aromatic N) is 2. The van der Waals surface area contributed by atoms with Crippen molar-refractivity contribution >= 4 is 22.6 Å². The van der Waals surface area contributed by atoms with E-state index in [9.17, 15) is 9.59 Å². The number of H-pyrrole nitrogens is 1. The summed E-state index contributed by atoms with van der Waals surface area (Å²) in [5.41, 5.74) is 2.18. The second-order valence-electron chi connectivity index (χ2n) is 5.96. The van der Waals surface area contributed by atoms with Gasteiger partial charge >= 0.3 is 0 Å². The molecule has 0 unspecified atom stereocenters. The van der Waals surface area contributed by atoms with E-state index in [2.05, 4.69) is 32.1 Å². The Bertz CT molecular complexity index is 1280. The Kier molecular flexibility index (Phi) is 4.64. The van der Waals surface area contributed by atoms with Crippen LogP contribution in [0.3, 0.4) is 0 Å². The first kappa shape index (κ1) is 17.2. The summed E-state index contributed by atoms with van der Waals surface area (Å²) in [6.07, 6.45) is 6.32. The van der Waals surface area contributed by atoms with Gasteiger partial charge in [-0.1, -0.05) is 17.9 Å². The molecule has 6 nitrogen and oxygen atoms in total. The van der Waals surface area contributed by atoms with Crippen molar-refractivity contribution in [2.24, 2.45) is 0 Å². The molecule has 4 rings (SSSR count). The van der Waals surface area contributed by atoms with Gasteiger partial charge in [-0.15, -0.1) is 0 Å². The number of nitrogens with one attached hydrogen (secondary N) is 2. The Morgan fingerprint density at radius 2 is 1.82 bits per heavy atom. The third-order valence-corrected chi connectivity index (χ3v) is 4.03. The minimum absolute atomic E-state index is 0.0207. The maximum atomic E-state index is 12.6. The fourth-order valence-electron chi connectivity index (χ4n) is 2.68. The van der Waals surface area contributed by atoms with Gasteiger partial charge in [-0.25, -0.2) is 4.98 Å². The highest BCUT2D eigenvalue weighted by molar-refractivity contribution is 6.05. The Balaban J connectivity index is 1.58. The van der Waals surface area contributed by atoms with E-state index in [-0.39, 0.29) is 11.0 Å². The summed E-state index contributed by atoms with van der Waals surface area (Å²) >= 11 is 0. The Morgan fingerprint density at radius 1 is 1.00 bits per heavy atom. The van der Waals surface area contributed by atoms with Crippen LogP contribution in [0.2, 0.25) is 0 Å². The zero-order valence-corrected chi connectivity index (χ0v) is 14.6. The minimum Gasteiger partial charge on any atom is -0.345 e. The number of pyridine rings is 3. The van der Waals surface area contributed by atoms with Crippen molar-refractivity contribution in [3.63, 3.8) is 0 Å².